The Morgan fingerprint density at radius 2 is 1.90 bits per heavy atom. The Bertz CT molecular complexity index is 1110. The number of hydrogen-bond acceptors (Lipinski definition) is 5. The summed E-state index contributed by atoms with van der Waals surface area (Å²) >= 11 is 0. The van der Waals surface area contributed by atoms with Crippen LogP contribution in [0.5, 0.6) is 5.75 Å². The number of carbonyl (C=O) groups is 1. The molecule has 30 heavy (non-hydrogen) atoms. The first-order valence-corrected chi connectivity index (χ1v) is 10.4. The van der Waals surface area contributed by atoms with Crippen molar-refractivity contribution >= 4 is 11.7 Å². The normalized spacial score (nSPS) is 16.5. The highest BCUT2D eigenvalue weighted by atomic mass is 16.5. The van der Waals surface area contributed by atoms with E-state index in [0.29, 0.717) is 29.5 Å². The van der Waals surface area contributed by atoms with E-state index in [0.717, 1.165) is 34.6 Å². The zero-order valence-corrected chi connectivity index (χ0v) is 16.9. The van der Waals surface area contributed by atoms with Crippen molar-refractivity contribution in [2.24, 2.45) is 5.92 Å². The van der Waals surface area contributed by atoms with Gasteiger partial charge in [0, 0.05) is 23.2 Å². The van der Waals surface area contributed by atoms with Crippen LogP contribution in [-0.4, -0.2) is 28.5 Å². The van der Waals surface area contributed by atoms with Crippen LogP contribution in [0.15, 0.2) is 48.7 Å². The Morgan fingerprint density at radius 1 is 1.13 bits per heavy atom. The van der Waals surface area contributed by atoms with Crippen LogP contribution >= 0.6 is 0 Å². The minimum absolute atomic E-state index is 0.0334. The summed E-state index contributed by atoms with van der Waals surface area (Å²) < 4.78 is 6.01. The summed E-state index contributed by atoms with van der Waals surface area (Å²) in [6, 6.07) is 13.7. The van der Waals surface area contributed by atoms with Gasteiger partial charge < -0.3 is 15.8 Å². The molecule has 2 heterocycles. The molecule has 5 rings (SSSR count). The lowest BCUT2D eigenvalue weighted by atomic mass is 9.96. The van der Waals surface area contributed by atoms with Gasteiger partial charge in [0.15, 0.2) is 0 Å². The average Bonchev–Trinajstić information content (AvgIpc) is 3.60. The fourth-order valence-electron chi connectivity index (χ4n) is 3.91. The van der Waals surface area contributed by atoms with Gasteiger partial charge in [-0.25, -0.2) is 9.97 Å². The van der Waals surface area contributed by atoms with E-state index >= 15 is 0 Å². The maximum atomic E-state index is 12.0. The van der Waals surface area contributed by atoms with E-state index in [-0.39, 0.29) is 12.0 Å². The van der Waals surface area contributed by atoms with Crippen molar-refractivity contribution < 1.29 is 9.53 Å². The summed E-state index contributed by atoms with van der Waals surface area (Å²) in [6.45, 7) is 2.77. The maximum absolute atomic E-state index is 12.0. The van der Waals surface area contributed by atoms with Gasteiger partial charge in [-0.2, -0.15) is 0 Å². The van der Waals surface area contributed by atoms with Gasteiger partial charge in [0.2, 0.25) is 0 Å². The number of amides is 1. The summed E-state index contributed by atoms with van der Waals surface area (Å²) in [5.74, 6) is 1.90. The molecule has 1 fully saturated rings. The van der Waals surface area contributed by atoms with E-state index in [1.807, 2.05) is 42.5 Å². The summed E-state index contributed by atoms with van der Waals surface area (Å²) in [6.07, 6.45) is 5.26. The van der Waals surface area contributed by atoms with Crippen LogP contribution in [0.4, 0.5) is 5.82 Å². The van der Waals surface area contributed by atoms with Gasteiger partial charge >= 0.3 is 0 Å². The molecule has 1 aromatic heterocycles. The Morgan fingerprint density at radius 3 is 2.67 bits per heavy atom. The van der Waals surface area contributed by atoms with Crippen LogP contribution in [0.25, 0.3) is 22.5 Å². The van der Waals surface area contributed by atoms with Crippen LogP contribution in [0.1, 0.15) is 35.7 Å². The fourth-order valence-corrected chi connectivity index (χ4v) is 3.91. The second-order valence-electron chi connectivity index (χ2n) is 8.05. The molecule has 6 heteroatoms. The van der Waals surface area contributed by atoms with Crippen molar-refractivity contribution in [3.05, 3.63) is 59.8 Å². The van der Waals surface area contributed by atoms with Crippen molar-refractivity contribution in [3.8, 4) is 28.3 Å². The number of nitrogen functional groups attached to an aromatic ring is 1. The van der Waals surface area contributed by atoms with Gasteiger partial charge in [-0.1, -0.05) is 6.07 Å². The van der Waals surface area contributed by atoms with E-state index < -0.39 is 0 Å². The van der Waals surface area contributed by atoms with Crippen LogP contribution in [0.2, 0.25) is 0 Å². The zero-order chi connectivity index (χ0) is 20.7. The molecule has 6 nitrogen and oxygen atoms in total. The van der Waals surface area contributed by atoms with Gasteiger partial charge in [0.05, 0.1) is 18.0 Å². The highest BCUT2D eigenvalue weighted by Crippen LogP contribution is 2.35. The molecule has 0 saturated heterocycles. The Balaban J connectivity index is 1.43. The fraction of sp³-hybridized carbons (Fsp3) is 0.292. The topological polar surface area (TPSA) is 90.1 Å². The van der Waals surface area contributed by atoms with Crippen molar-refractivity contribution in [2.45, 2.75) is 32.3 Å². The second-order valence-corrected chi connectivity index (χ2v) is 8.05. The molecule has 2 aliphatic rings. The van der Waals surface area contributed by atoms with E-state index in [2.05, 4.69) is 17.2 Å². The number of nitrogens with two attached hydrogens (primary N) is 1. The van der Waals surface area contributed by atoms with Gasteiger partial charge in [0.25, 0.3) is 5.91 Å². The molecule has 3 N–H and O–H groups in total. The summed E-state index contributed by atoms with van der Waals surface area (Å²) in [5, 5.41) is 2.86. The third kappa shape index (κ3) is 3.61. The number of hydrogen-bond donors (Lipinski definition) is 2. The van der Waals surface area contributed by atoms with Crippen molar-refractivity contribution in [2.75, 3.05) is 12.3 Å². The van der Waals surface area contributed by atoms with Gasteiger partial charge in [-0.05, 0) is 74.1 Å². The molecule has 3 aromatic rings. The molecular weight excluding hydrogens is 376 g/mol. The largest absolute Gasteiger partial charge is 0.490 e. The summed E-state index contributed by atoms with van der Waals surface area (Å²) in [4.78, 5) is 21.1. The van der Waals surface area contributed by atoms with Crippen LogP contribution in [0.3, 0.4) is 0 Å². The lowest BCUT2D eigenvalue weighted by Crippen LogP contribution is -2.31. The molecule has 1 atom stereocenters. The van der Waals surface area contributed by atoms with E-state index in [1.165, 1.54) is 12.8 Å². The smallest absolute Gasteiger partial charge is 0.251 e. The van der Waals surface area contributed by atoms with Gasteiger partial charge in [0.1, 0.15) is 17.3 Å². The van der Waals surface area contributed by atoms with Crippen molar-refractivity contribution in [1.82, 2.24) is 15.3 Å². The Labute approximate surface area is 175 Å². The van der Waals surface area contributed by atoms with Gasteiger partial charge in [-0.15, -0.1) is 0 Å². The minimum atomic E-state index is -0.0334. The van der Waals surface area contributed by atoms with Crippen molar-refractivity contribution in [1.29, 1.82) is 0 Å². The highest BCUT2D eigenvalue weighted by Gasteiger charge is 2.29. The first-order chi connectivity index (χ1) is 14.6. The number of carbonyl (C=O) groups excluding carboxylic acids is 1. The van der Waals surface area contributed by atoms with E-state index in [4.69, 9.17) is 15.5 Å². The Kier molecular flexibility index (Phi) is 4.62. The number of nitrogens with one attached hydrogen (secondary N) is 1. The number of nitrogens with zero attached hydrogens (tertiary/aromatic N) is 2. The predicted octanol–water partition coefficient (Wildman–Crippen LogP) is 3.86. The molecule has 1 saturated carbocycles. The summed E-state index contributed by atoms with van der Waals surface area (Å²) in [7, 11) is 0. The third-order valence-electron chi connectivity index (χ3n) is 5.86. The Hall–Kier alpha value is -3.41. The molecule has 2 aromatic carbocycles. The van der Waals surface area contributed by atoms with Crippen LogP contribution in [0, 0.1) is 5.92 Å². The summed E-state index contributed by atoms with van der Waals surface area (Å²) in [5.41, 5.74) is 11.1. The van der Waals surface area contributed by atoms with Crippen LogP contribution in [-0.2, 0) is 6.42 Å². The molecular formula is C24H24N4O2. The molecule has 0 bridgehead atoms. The molecule has 0 radical (unpaired) electrons. The number of rotatable bonds is 5. The highest BCUT2D eigenvalue weighted by molar-refractivity contribution is 5.97. The zero-order valence-electron chi connectivity index (χ0n) is 16.9. The lowest BCUT2D eigenvalue weighted by Gasteiger charge is -2.17. The maximum Gasteiger partial charge on any atom is 0.251 e. The van der Waals surface area contributed by atoms with E-state index in [9.17, 15) is 4.79 Å². The first-order valence-electron chi connectivity index (χ1n) is 10.4. The molecule has 1 aliphatic carbocycles. The average molecular weight is 400 g/mol. The van der Waals surface area contributed by atoms with Gasteiger partial charge in [-0.3, -0.25) is 4.79 Å². The molecule has 0 spiro atoms. The number of aromatic nitrogens is 2. The second kappa shape index (κ2) is 7.44. The molecule has 1 unspecified atom stereocenters. The number of ether oxygens (including phenoxy) is 1. The standard InChI is InChI=1S/C24H24N4O2/c1-14(15-2-3-15)30-19-7-4-16(5-8-19)21-13-27-23(25)22(28-21)18-6-9-20-17(12-18)10-11-26-24(20)29/h4-9,12-15H,2-3,10-11H2,1H3,(H2,25,27)(H,26,29). The monoisotopic (exact) mass is 400 g/mol. The lowest BCUT2D eigenvalue weighted by molar-refractivity contribution is 0.0946. The predicted molar refractivity (Wildman–Crippen MR) is 116 cm³/mol. The van der Waals surface area contributed by atoms with Crippen LogP contribution < -0.4 is 15.8 Å². The van der Waals surface area contributed by atoms with Crippen molar-refractivity contribution in [3.63, 3.8) is 0 Å². The first kappa shape index (κ1) is 18.6. The number of fused-ring (bicyclic) bond motifs is 1. The molecule has 1 amide bonds. The quantitative estimate of drug-likeness (QED) is 0.679. The van der Waals surface area contributed by atoms with E-state index in [1.54, 1.807) is 6.20 Å². The molecule has 152 valence electrons. The minimum Gasteiger partial charge on any atom is -0.490 e. The molecule has 1 aliphatic heterocycles. The third-order valence-corrected chi connectivity index (χ3v) is 5.86. The SMILES string of the molecule is CC(Oc1ccc(-c2cnc(N)c(-c3ccc4c(c3)CCNC4=O)n2)cc1)C1CC1. The number of benzene rings is 2. The number of anilines is 1.